The van der Waals surface area contributed by atoms with Crippen molar-refractivity contribution in [3.8, 4) is 0 Å². The topological polar surface area (TPSA) is 51.4 Å². The van der Waals surface area contributed by atoms with Crippen LogP contribution in [0.4, 0.5) is 5.82 Å². The molecule has 0 saturated carbocycles. The number of nitrogens with zero attached hydrogens (tertiary/aromatic N) is 3. The number of anilines is 1. The number of fused-ring (bicyclic) bond motifs is 1. The smallest absolute Gasteiger partial charge is 0.137 e. The summed E-state index contributed by atoms with van der Waals surface area (Å²) in [5, 5.41) is 5.23. The van der Waals surface area contributed by atoms with Crippen molar-refractivity contribution in [3.63, 3.8) is 0 Å². The van der Waals surface area contributed by atoms with Gasteiger partial charge < -0.3 is 14.2 Å². The molecule has 0 N–H and O–H groups in total. The molecule has 0 radical (unpaired) electrons. The zero-order valence-corrected chi connectivity index (χ0v) is 17.0. The highest BCUT2D eigenvalue weighted by Crippen LogP contribution is 2.31. The quantitative estimate of drug-likeness (QED) is 0.614. The second-order valence-corrected chi connectivity index (χ2v) is 8.14. The van der Waals surface area contributed by atoms with Gasteiger partial charge in [-0.05, 0) is 49.9 Å². The molecule has 3 aromatic rings. The van der Waals surface area contributed by atoms with Crippen molar-refractivity contribution in [2.75, 3.05) is 31.4 Å². The van der Waals surface area contributed by atoms with Crippen LogP contribution in [0.5, 0.6) is 0 Å². The fraction of sp³-hybridized carbons (Fsp3) is 0.429. The first-order valence-corrected chi connectivity index (χ1v) is 10.4. The lowest BCUT2D eigenvalue weighted by Crippen LogP contribution is -2.23. The number of hydrogen-bond donors (Lipinski definition) is 0. The molecule has 1 aromatic carbocycles. The summed E-state index contributed by atoms with van der Waals surface area (Å²) in [6.07, 6.45) is 3.09. The van der Waals surface area contributed by atoms with E-state index in [1.807, 2.05) is 13.0 Å². The summed E-state index contributed by atoms with van der Waals surface area (Å²) >= 11 is 1.76. The second kappa shape index (κ2) is 7.52. The minimum absolute atomic E-state index is 0.159. The summed E-state index contributed by atoms with van der Waals surface area (Å²) in [6, 6.07) is 10.7. The average Bonchev–Trinajstić information content (AvgIpc) is 3.27. The number of rotatable bonds is 5. The highest BCUT2D eigenvalue weighted by molar-refractivity contribution is 7.98. The standard InChI is InChI=1S/C21H25N3O2S/c1-13-7-21(22-19-6-5-17(27-4)10-18(13)19)24-11-15(20(12-24)25-3)9-16-8-14(2)23-26-16/h5-8,10,15,20H,9,11-12H2,1-4H3/t15-,20+/m1/s1. The number of benzene rings is 1. The van der Waals surface area contributed by atoms with E-state index in [2.05, 4.69) is 47.5 Å². The van der Waals surface area contributed by atoms with Crippen molar-refractivity contribution < 1.29 is 9.26 Å². The van der Waals surface area contributed by atoms with Crippen LogP contribution in [0.3, 0.4) is 0 Å². The van der Waals surface area contributed by atoms with Gasteiger partial charge >= 0.3 is 0 Å². The molecule has 1 aliphatic heterocycles. The van der Waals surface area contributed by atoms with Crippen LogP contribution in [0.1, 0.15) is 17.0 Å². The fourth-order valence-electron chi connectivity index (χ4n) is 3.91. The summed E-state index contributed by atoms with van der Waals surface area (Å²) in [4.78, 5) is 8.53. The van der Waals surface area contributed by atoms with Gasteiger partial charge in [-0.3, -0.25) is 0 Å². The highest BCUT2D eigenvalue weighted by atomic mass is 32.2. The Balaban J connectivity index is 1.59. The van der Waals surface area contributed by atoms with Crippen LogP contribution in [0.15, 0.2) is 39.8 Å². The summed E-state index contributed by atoms with van der Waals surface area (Å²) in [6.45, 7) is 5.86. The molecule has 2 aromatic heterocycles. The normalized spacial score (nSPS) is 19.9. The van der Waals surface area contributed by atoms with E-state index in [-0.39, 0.29) is 6.10 Å². The predicted octanol–water partition coefficient (Wildman–Crippen LogP) is 4.26. The van der Waals surface area contributed by atoms with E-state index >= 15 is 0 Å². The Kier molecular flexibility index (Phi) is 5.10. The maximum Gasteiger partial charge on any atom is 0.137 e. The largest absolute Gasteiger partial charge is 0.379 e. The molecule has 0 unspecified atom stereocenters. The lowest BCUT2D eigenvalue weighted by Gasteiger charge is -2.19. The maximum absolute atomic E-state index is 5.77. The number of thioether (sulfide) groups is 1. The molecular weight excluding hydrogens is 358 g/mol. The zero-order chi connectivity index (χ0) is 19.0. The van der Waals surface area contributed by atoms with E-state index in [0.29, 0.717) is 5.92 Å². The Labute approximate surface area is 164 Å². The Morgan fingerprint density at radius 1 is 1.22 bits per heavy atom. The molecule has 0 amide bonds. The van der Waals surface area contributed by atoms with E-state index < -0.39 is 0 Å². The van der Waals surface area contributed by atoms with Gasteiger partial charge in [-0.25, -0.2) is 4.98 Å². The van der Waals surface area contributed by atoms with Gasteiger partial charge in [0.05, 0.1) is 17.3 Å². The Morgan fingerprint density at radius 2 is 2.07 bits per heavy atom. The lowest BCUT2D eigenvalue weighted by molar-refractivity contribution is 0.0813. The van der Waals surface area contributed by atoms with E-state index in [1.54, 1.807) is 18.9 Å². The molecule has 0 spiro atoms. The summed E-state index contributed by atoms with van der Waals surface area (Å²) < 4.78 is 11.2. The Bertz CT molecular complexity index is 956. The number of aromatic nitrogens is 2. The third-order valence-corrected chi connectivity index (χ3v) is 6.08. The van der Waals surface area contributed by atoms with Crippen molar-refractivity contribution in [2.24, 2.45) is 5.92 Å². The molecule has 1 aliphatic rings. The Hall–Kier alpha value is -2.05. The molecule has 5 nitrogen and oxygen atoms in total. The zero-order valence-electron chi connectivity index (χ0n) is 16.2. The van der Waals surface area contributed by atoms with Gasteiger partial charge in [0, 0.05) is 48.9 Å². The summed E-state index contributed by atoms with van der Waals surface area (Å²) in [5.41, 5.74) is 3.23. The Morgan fingerprint density at radius 3 is 2.78 bits per heavy atom. The van der Waals surface area contributed by atoms with Gasteiger partial charge in [0.1, 0.15) is 11.6 Å². The number of ether oxygens (including phenoxy) is 1. The lowest BCUT2D eigenvalue weighted by atomic mass is 10.0. The maximum atomic E-state index is 5.77. The third-order valence-electron chi connectivity index (χ3n) is 5.36. The molecular formula is C21H25N3O2S. The van der Waals surface area contributed by atoms with Crippen LogP contribution >= 0.6 is 11.8 Å². The number of pyridine rings is 1. The molecule has 1 fully saturated rings. The number of hydrogen-bond acceptors (Lipinski definition) is 6. The van der Waals surface area contributed by atoms with Crippen molar-refractivity contribution in [1.29, 1.82) is 0 Å². The van der Waals surface area contributed by atoms with Crippen LogP contribution in [0.2, 0.25) is 0 Å². The SMILES string of the molecule is CO[C@H]1CN(c2cc(C)c3cc(SC)ccc3n2)C[C@H]1Cc1cc(C)no1. The molecule has 1 saturated heterocycles. The van der Waals surface area contributed by atoms with Crippen molar-refractivity contribution in [1.82, 2.24) is 10.1 Å². The number of methoxy groups -OCH3 is 1. The summed E-state index contributed by atoms with van der Waals surface area (Å²) in [7, 11) is 1.79. The van der Waals surface area contributed by atoms with Crippen LogP contribution in [-0.4, -0.2) is 42.7 Å². The van der Waals surface area contributed by atoms with Gasteiger partial charge in [0.15, 0.2) is 0 Å². The van der Waals surface area contributed by atoms with Crippen LogP contribution in [0.25, 0.3) is 10.9 Å². The van der Waals surface area contributed by atoms with Gasteiger partial charge in [0.25, 0.3) is 0 Å². The van der Waals surface area contributed by atoms with E-state index in [9.17, 15) is 0 Å². The first-order valence-electron chi connectivity index (χ1n) is 9.22. The minimum Gasteiger partial charge on any atom is -0.379 e. The fourth-order valence-corrected chi connectivity index (χ4v) is 4.35. The number of aryl methyl sites for hydroxylation is 2. The average molecular weight is 384 g/mol. The van der Waals surface area contributed by atoms with Gasteiger partial charge in [-0.1, -0.05) is 5.16 Å². The van der Waals surface area contributed by atoms with Gasteiger partial charge in [-0.15, -0.1) is 11.8 Å². The van der Waals surface area contributed by atoms with Crippen molar-refractivity contribution >= 4 is 28.5 Å². The van der Waals surface area contributed by atoms with E-state index in [4.69, 9.17) is 14.2 Å². The molecule has 4 rings (SSSR count). The van der Waals surface area contributed by atoms with Crippen molar-refractivity contribution in [3.05, 3.63) is 47.3 Å². The van der Waals surface area contributed by atoms with Gasteiger partial charge in [-0.2, -0.15) is 0 Å². The van der Waals surface area contributed by atoms with Crippen molar-refractivity contribution in [2.45, 2.75) is 31.3 Å². The highest BCUT2D eigenvalue weighted by Gasteiger charge is 2.34. The predicted molar refractivity (Wildman–Crippen MR) is 110 cm³/mol. The molecule has 142 valence electrons. The van der Waals surface area contributed by atoms with Crippen LogP contribution in [0, 0.1) is 19.8 Å². The monoisotopic (exact) mass is 383 g/mol. The molecule has 27 heavy (non-hydrogen) atoms. The summed E-state index contributed by atoms with van der Waals surface area (Å²) in [5.74, 6) is 2.31. The van der Waals surface area contributed by atoms with Crippen LogP contribution in [-0.2, 0) is 11.2 Å². The molecule has 2 atom stereocenters. The third kappa shape index (κ3) is 3.69. The molecule has 0 bridgehead atoms. The van der Waals surface area contributed by atoms with E-state index in [0.717, 1.165) is 42.3 Å². The second-order valence-electron chi connectivity index (χ2n) is 7.26. The minimum atomic E-state index is 0.159. The molecule has 3 heterocycles. The first kappa shape index (κ1) is 18.3. The first-order chi connectivity index (χ1) is 13.1. The van der Waals surface area contributed by atoms with Crippen LogP contribution < -0.4 is 4.90 Å². The van der Waals surface area contributed by atoms with Gasteiger partial charge in [0.2, 0.25) is 0 Å². The van der Waals surface area contributed by atoms with E-state index in [1.165, 1.54) is 15.8 Å². The molecule has 0 aliphatic carbocycles. The molecule has 6 heteroatoms.